The second-order valence-corrected chi connectivity index (χ2v) is 7.26. The van der Waals surface area contributed by atoms with Crippen molar-refractivity contribution in [3.63, 3.8) is 0 Å². The molecule has 0 heterocycles. The molecule has 1 nitrogen and oxygen atoms in total. The van der Waals surface area contributed by atoms with Crippen LogP contribution in [-0.2, 0) is 5.41 Å². The van der Waals surface area contributed by atoms with Crippen LogP contribution in [-0.4, -0.2) is 5.78 Å². The molecule has 27 heavy (non-hydrogen) atoms. The zero-order valence-corrected chi connectivity index (χ0v) is 14.6. The molecule has 2 aliphatic carbocycles. The van der Waals surface area contributed by atoms with Crippen LogP contribution in [0.1, 0.15) is 38.2 Å². The first-order valence-electron chi connectivity index (χ1n) is 9.26. The van der Waals surface area contributed by atoms with E-state index in [9.17, 15) is 4.79 Å². The summed E-state index contributed by atoms with van der Waals surface area (Å²) in [6, 6.07) is 33.5. The first kappa shape index (κ1) is 14.7. The third kappa shape index (κ3) is 1.63. The quantitative estimate of drug-likeness (QED) is 0.350. The Kier molecular flexibility index (Phi) is 2.75. The summed E-state index contributed by atoms with van der Waals surface area (Å²) in [6.45, 7) is 0. The van der Waals surface area contributed by atoms with Crippen LogP contribution in [0, 0.1) is 0 Å². The molecule has 0 radical (unpaired) electrons. The van der Waals surface area contributed by atoms with Gasteiger partial charge in [0.15, 0.2) is 5.78 Å². The van der Waals surface area contributed by atoms with Gasteiger partial charge in [0.1, 0.15) is 0 Å². The highest BCUT2D eigenvalue weighted by molar-refractivity contribution is 6.14. The molecule has 1 heteroatoms. The molecule has 6 rings (SSSR count). The summed E-state index contributed by atoms with van der Waals surface area (Å²) in [5.74, 6) is 0.119. The molecular weight excluding hydrogens is 329 g/mol. The lowest BCUT2D eigenvalue weighted by Crippen LogP contribution is -2.36. The summed E-state index contributed by atoms with van der Waals surface area (Å²) in [6.07, 6.45) is 0. The molecular formula is C26H16O. The van der Waals surface area contributed by atoms with Gasteiger partial charge < -0.3 is 0 Å². The molecule has 1 spiro atoms. The number of carbonyl (C=O) groups excluding carboxylic acids is 1. The topological polar surface area (TPSA) is 17.1 Å². The number of carbonyl (C=O) groups is 1. The van der Waals surface area contributed by atoms with Crippen molar-refractivity contribution in [1.29, 1.82) is 0 Å². The van der Waals surface area contributed by atoms with E-state index in [-0.39, 0.29) is 5.78 Å². The van der Waals surface area contributed by atoms with Crippen LogP contribution < -0.4 is 0 Å². The first-order chi connectivity index (χ1) is 13.3. The summed E-state index contributed by atoms with van der Waals surface area (Å²) >= 11 is 0. The molecule has 2 aliphatic rings. The van der Waals surface area contributed by atoms with Gasteiger partial charge in [-0.2, -0.15) is 0 Å². The fraction of sp³-hybridized carbons (Fsp3) is 0.0385. The summed E-state index contributed by atoms with van der Waals surface area (Å²) in [5.41, 5.74) is 8.40. The van der Waals surface area contributed by atoms with Crippen molar-refractivity contribution < 1.29 is 4.79 Å². The van der Waals surface area contributed by atoms with Crippen LogP contribution >= 0.6 is 0 Å². The highest BCUT2D eigenvalue weighted by Crippen LogP contribution is 2.58. The Labute approximate surface area is 157 Å². The van der Waals surface area contributed by atoms with Gasteiger partial charge in [-0.05, 0) is 33.4 Å². The third-order valence-corrected chi connectivity index (χ3v) is 6.10. The van der Waals surface area contributed by atoms with E-state index in [1.165, 1.54) is 22.3 Å². The van der Waals surface area contributed by atoms with Crippen molar-refractivity contribution >= 4 is 5.78 Å². The molecule has 0 aliphatic heterocycles. The molecule has 0 atom stereocenters. The minimum atomic E-state index is -0.436. The van der Waals surface area contributed by atoms with Crippen LogP contribution in [0.25, 0.3) is 11.1 Å². The van der Waals surface area contributed by atoms with Gasteiger partial charge in [-0.3, -0.25) is 4.79 Å². The minimum Gasteiger partial charge on any atom is -0.289 e. The maximum absolute atomic E-state index is 13.3. The molecule has 0 aromatic heterocycles. The van der Waals surface area contributed by atoms with Gasteiger partial charge in [-0.25, -0.2) is 0 Å². The lowest BCUT2D eigenvalue weighted by atomic mass is 9.62. The summed E-state index contributed by atoms with van der Waals surface area (Å²) in [7, 11) is 0. The maximum Gasteiger partial charge on any atom is 0.193 e. The molecule has 0 amide bonds. The van der Waals surface area contributed by atoms with Crippen molar-refractivity contribution in [2.24, 2.45) is 0 Å². The van der Waals surface area contributed by atoms with E-state index in [1.54, 1.807) is 0 Å². The highest BCUT2D eigenvalue weighted by atomic mass is 16.1. The number of benzene rings is 4. The maximum atomic E-state index is 13.3. The standard InChI is InChI=1S/C26H16O/c27-25-19-11-3-7-15-23(19)26(24-16-8-4-12-20(24)25)21-13-5-1-9-17(21)18-10-2-6-14-22(18)26/h1-16H/i13+1. The first-order valence-corrected chi connectivity index (χ1v) is 9.26. The van der Waals surface area contributed by atoms with E-state index >= 15 is 0 Å². The summed E-state index contributed by atoms with van der Waals surface area (Å²) in [4.78, 5) is 13.3. The van der Waals surface area contributed by atoms with Crippen LogP contribution in [0.5, 0.6) is 0 Å². The van der Waals surface area contributed by atoms with E-state index in [1.807, 2.05) is 36.4 Å². The predicted octanol–water partition coefficient (Wildman–Crippen LogP) is 5.59. The van der Waals surface area contributed by atoms with Gasteiger partial charge in [-0.1, -0.05) is 97.1 Å². The SMILES string of the molecule is O=C1c2ccccc2C2(c3ccccc31)c1ccccc1-c1ccc[13cH]c12. The largest absolute Gasteiger partial charge is 0.289 e. The predicted molar refractivity (Wildman–Crippen MR) is 107 cm³/mol. The van der Waals surface area contributed by atoms with Crippen molar-refractivity contribution in [2.45, 2.75) is 5.41 Å². The van der Waals surface area contributed by atoms with Crippen molar-refractivity contribution in [1.82, 2.24) is 0 Å². The smallest absolute Gasteiger partial charge is 0.193 e. The van der Waals surface area contributed by atoms with Crippen LogP contribution in [0.2, 0.25) is 0 Å². The number of ketones is 1. The molecule has 0 bridgehead atoms. The van der Waals surface area contributed by atoms with Crippen molar-refractivity contribution in [3.8, 4) is 11.1 Å². The Balaban J connectivity index is 1.89. The third-order valence-electron chi connectivity index (χ3n) is 6.10. The molecule has 126 valence electrons. The molecule has 0 N–H and O–H groups in total. The fourth-order valence-corrected chi connectivity index (χ4v) is 5.12. The van der Waals surface area contributed by atoms with Gasteiger partial charge in [0.2, 0.25) is 0 Å². The Hall–Kier alpha value is -3.45. The molecule has 0 fully saturated rings. The van der Waals surface area contributed by atoms with Gasteiger partial charge >= 0.3 is 0 Å². The normalized spacial score (nSPS) is 15.0. The van der Waals surface area contributed by atoms with E-state index in [4.69, 9.17) is 0 Å². The van der Waals surface area contributed by atoms with Crippen LogP contribution in [0.3, 0.4) is 0 Å². The second kappa shape index (κ2) is 5.05. The van der Waals surface area contributed by atoms with Gasteiger partial charge in [0.25, 0.3) is 0 Å². The van der Waals surface area contributed by atoms with E-state index in [0.717, 1.165) is 22.3 Å². The van der Waals surface area contributed by atoms with Gasteiger partial charge in [0, 0.05) is 11.1 Å². The average Bonchev–Trinajstić information content (AvgIpc) is 3.04. The van der Waals surface area contributed by atoms with Crippen LogP contribution in [0.15, 0.2) is 97.1 Å². The zero-order chi connectivity index (χ0) is 18.0. The summed E-state index contributed by atoms with van der Waals surface area (Å²) in [5, 5.41) is 0. The lowest BCUT2D eigenvalue weighted by Gasteiger charge is -2.39. The molecule has 0 unspecified atom stereocenters. The van der Waals surface area contributed by atoms with Gasteiger partial charge in [0.05, 0.1) is 5.41 Å². The van der Waals surface area contributed by atoms with Crippen molar-refractivity contribution in [2.75, 3.05) is 0 Å². The number of hydrogen-bond donors (Lipinski definition) is 0. The van der Waals surface area contributed by atoms with Crippen molar-refractivity contribution in [3.05, 3.63) is 130 Å². The Morgan fingerprint density at radius 2 is 0.704 bits per heavy atom. The number of rotatable bonds is 0. The van der Waals surface area contributed by atoms with E-state index in [2.05, 4.69) is 60.7 Å². The molecule has 4 aromatic rings. The molecule has 0 saturated heterocycles. The Bertz CT molecular complexity index is 1150. The lowest BCUT2D eigenvalue weighted by molar-refractivity contribution is 0.103. The summed E-state index contributed by atoms with van der Waals surface area (Å²) < 4.78 is 0. The zero-order valence-electron chi connectivity index (χ0n) is 14.6. The second-order valence-electron chi connectivity index (χ2n) is 7.26. The number of hydrogen-bond acceptors (Lipinski definition) is 1. The Morgan fingerprint density at radius 1 is 0.407 bits per heavy atom. The molecule has 4 aromatic carbocycles. The monoisotopic (exact) mass is 345 g/mol. The van der Waals surface area contributed by atoms with Gasteiger partial charge in [-0.15, -0.1) is 0 Å². The fourth-order valence-electron chi connectivity index (χ4n) is 5.12. The highest BCUT2D eigenvalue weighted by Gasteiger charge is 2.51. The Morgan fingerprint density at radius 3 is 1.11 bits per heavy atom. The minimum absolute atomic E-state index is 0.119. The average molecular weight is 345 g/mol. The van der Waals surface area contributed by atoms with Crippen LogP contribution in [0.4, 0.5) is 0 Å². The molecule has 0 saturated carbocycles. The van der Waals surface area contributed by atoms with E-state index in [0.29, 0.717) is 0 Å². The van der Waals surface area contributed by atoms with E-state index < -0.39 is 5.41 Å². The number of fused-ring (bicyclic) bond motifs is 9.